The molecule has 6 aromatic rings. The van der Waals surface area contributed by atoms with E-state index < -0.39 is 11.2 Å². The van der Waals surface area contributed by atoms with Crippen molar-refractivity contribution in [2.45, 2.75) is 20.8 Å². The molecule has 0 fully saturated rings. The number of fused-ring (bicyclic) bond motifs is 2. The Balaban J connectivity index is 1.43. The van der Waals surface area contributed by atoms with Crippen LogP contribution in [0, 0.1) is 16.4 Å². The van der Waals surface area contributed by atoms with Gasteiger partial charge in [0.1, 0.15) is 11.2 Å². The molecule has 0 saturated heterocycles. The number of H-pyrrole nitrogens is 2. The van der Waals surface area contributed by atoms with Crippen molar-refractivity contribution in [2.75, 3.05) is 5.32 Å². The maximum Gasteiger partial charge on any atom is 0.229 e. The number of rotatable bonds is 4. The van der Waals surface area contributed by atoms with E-state index >= 15 is 4.39 Å². The second-order valence-electron chi connectivity index (χ2n) is 9.87. The van der Waals surface area contributed by atoms with E-state index in [2.05, 4.69) is 35.5 Å². The summed E-state index contributed by atoms with van der Waals surface area (Å²) in [6.45, 7) is 5.45. The first-order valence-corrected chi connectivity index (χ1v) is 12.5. The van der Waals surface area contributed by atoms with Crippen LogP contribution in [0.2, 0.25) is 0 Å². The Bertz CT molecular complexity index is 1850. The van der Waals surface area contributed by atoms with Crippen LogP contribution in [0.15, 0.2) is 55.0 Å². The number of nitrogens with one attached hydrogen (secondary N) is 3. The summed E-state index contributed by atoms with van der Waals surface area (Å²) in [6.07, 6.45) is 4.76. The average Bonchev–Trinajstić information content (AvgIpc) is 3.61. The van der Waals surface area contributed by atoms with Crippen LogP contribution in [0.4, 0.5) is 14.5 Å². The number of anilines is 1. The Morgan fingerprint density at radius 3 is 2.66 bits per heavy atom. The molecule has 0 bridgehead atoms. The minimum atomic E-state index is -0.578. The molecule has 38 heavy (non-hydrogen) atoms. The number of nitrogens with zero attached hydrogens (tertiary/aromatic N) is 4. The van der Waals surface area contributed by atoms with Crippen LogP contribution in [0.5, 0.6) is 0 Å². The fourth-order valence-corrected chi connectivity index (χ4v) is 4.86. The number of carbonyl (C=O) groups excluding carboxylic acids is 1. The lowest BCUT2D eigenvalue weighted by atomic mass is 9.95. The van der Waals surface area contributed by atoms with E-state index in [1.54, 1.807) is 42.9 Å². The van der Waals surface area contributed by atoms with Crippen LogP contribution in [0.25, 0.3) is 55.2 Å². The third-order valence-electron chi connectivity index (χ3n) is 6.09. The van der Waals surface area contributed by atoms with Gasteiger partial charge in [-0.25, -0.2) is 14.4 Å². The van der Waals surface area contributed by atoms with Gasteiger partial charge in [-0.05, 0) is 42.0 Å². The Labute approximate surface area is 219 Å². The Morgan fingerprint density at radius 2 is 1.89 bits per heavy atom. The van der Waals surface area contributed by atoms with E-state index in [9.17, 15) is 9.18 Å². The number of halogens is 2. The van der Waals surface area contributed by atoms with Gasteiger partial charge >= 0.3 is 0 Å². The van der Waals surface area contributed by atoms with Gasteiger partial charge < -0.3 is 10.3 Å². The molecule has 8 nitrogen and oxygen atoms in total. The molecule has 1 amide bonds. The summed E-state index contributed by atoms with van der Waals surface area (Å²) in [5, 5.41) is 10.1. The number of amides is 1. The van der Waals surface area contributed by atoms with Gasteiger partial charge in [-0.15, -0.1) is 11.3 Å². The molecule has 1 aromatic carbocycles. The van der Waals surface area contributed by atoms with E-state index in [4.69, 9.17) is 0 Å². The topological polar surface area (TPSA) is 112 Å². The first-order chi connectivity index (χ1) is 18.2. The third kappa shape index (κ3) is 4.20. The molecule has 190 valence electrons. The number of hydrogen-bond donors (Lipinski definition) is 3. The highest BCUT2D eigenvalue weighted by atomic mass is 32.1. The standard InChI is InChI=1S/C27H21F2N7OS/c1-27(2,3)26(37)32-15-8-14(11-30-12-15)13-9-17-21(18(28)10-13)35-36-23(17)25-33-22-16(6-7-31-24(22)34-25)19-4-5-20(29)38-19/h4-12H,1-3H3,(H,32,37)(H,35,36)(H,31,33,34). The molecule has 0 saturated carbocycles. The van der Waals surface area contributed by atoms with Crippen LogP contribution in [-0.4, -0.2) is 36.0 Å². The summed E-state index contributed by atoms with van der Waals surface area (Å²) in [6, 6.07) is 9.82. The monoisotopic (exact) mass is 529 g/mol. The maximum atomic E-state index is 15.2. The van der Waals surface area contributed by atoms with Gasteiger partial charge in [-0.2, -0.15) is 9.49 Å². The molecular weight excluding hydrogens is 508 g/mol. The molecule has 5 aromatic heterocycles. The van der Waals surface area contributed by atoms with Crippen molar-refractivity contribution in [1.29, 1.82) is 0 Å². The summed E-state index contributed by atoms with van der Waals surface area (Å²) >= 11 is 1.03. The van der Waals surface area contributed by atoms with Crippen molar-refractivity contribution in [3.05, 3.63) is 65.9 Å². The summed E-state index contributed by atoms with van der Waals surface area (Å²) in [4.78, 5) is 29.6. The second kappa shape index (κ2) is 8.80. The maximum absolute atomic E-state index is 15.2. The van der Waals surface area contributed by atoms with Crippen molar-refractivity contribution < 1.29 is 13.6 Å². The lowest BCUT2D eigenvalue weighted by Gasteiger charge is -2.17. The van der Waals surface area contributed by atoms with Gasteiger partial charge in [0.2, 0.25) is 5.91 Å². The number of aromatic nitrogens is 6. The highest BCUT2D eigenvalue weighted by Crippen LogP contribution is 2.35. The highest BCUT2D eigenvalue weighted by molar-refractivity contribution is 7.14. The number of hydrogen-bond acceptors (Lipinski definition) is 6. The molecule has 0 aliphatic carbocycles. The van der Waals surface area contributed by atoms with Gasteiger partial charge in [0.05, 0.1) is 17.4 Å². The molecule has 3 N–H and O–H groups in total. The Kier molecular flexibility index (Phi) is 5.53. The lowest BCUT2D eigenvalue weighted by molar-refractivity contribution is -0.123. The predicted molar refractivity (Wildman–Crippen MR) is 144 cm³/mol. The van der Waals surface area contributed by atoms with E-state index in [1.807, 2.05) is 20.8 Å². The van der Waals surface area contributed by atoms with E-state index in [1.165, 1.54) is 12.1 Å². The normalized spacial score (nSPS) is 11.9. The Hall–Kier alpha value is -4.51. The van der Waals surface area contributed by atoms with Crippen molar-refractivity contribution in [2.24, 2.45) is 5.41 Å². The van der Waals surface area contributed by atoms with Crippen LogP contribution >= 0.6 is 11.3 Å². The van der Waals surface area contributed by atoms with Gasteiger partial charge in [0.25, 0.3) is 0 Å². The molecule has 0 radical (unpaired) electrons. The minimum Gasteiger partial charge on any atom is -0.335 e. The van der Waals surface area contributed by atoms with E-state index in [-0.39, 0.29) is 16.6 Å². The average molecular weight is 530 g/mol. The smallest absolute Gasteiger partial charge is 0.229 e. The number of benzene rings is 1. The third-order valence-corrected chi connectivity index (χ3v) is 7.00. The van der Waals surface area contributed by atoms with Crippen molar-refractivity contribution in [3.8, 4) is 33.1 Å². The number of aromatic amines is 2. The van der Waals surface area contributed by atoms with Crippen molar-refractivity contribution in [1.82, 2.24) is 30.1 Å². The fourth-order valence-electron chi connectivity index (χ4n) is 4.10. The number of pyridine rings is 2. The molecular formula is C27H21F2N7OS. The summed E-state index contributed by atoms with van der Waals surface area (Å²) in [5.41, 5.74) is 3.59. The fraction of sp³-hybridized carbons (Fsp3) is 0.148. The molecule has 0 spiro atoms. The first-order valence-electron chi connectivity index (χ1n) is 11.7. The number of carbonyl (C=O) groups is 1. The molecule has 0 aliphatic heterocycles. The quantitative estimate of drug-likeness (QED) is 0.240. The van der Waals surface area contributed by atoms with Crippen LogP contribution in [0.1, 0.15) is 20.8 Å². The number of thiophene rings is 1. The zero-order valence-electron chi connectivity index (χ0n) is 20.6. The van der Waals surface area contributed by atoms with E-state index in [0.717, 1.165) is 21.8 Å². The molecule has 0 atom stereocenters. The second-order valence-corrected chi connectivity index (χ2v) is 10.9. The minimum absolute atomic E-state index is 0.154. The summed E-state index contributed by atoms with van der Waals surface area (Å²) in [7, 11) is 0. The van der Waals surface area contributed by atoms with Gasteiger partial charge in [-0.1, -0.05) is 20.8 Å². The van der Waals surface area contributed by atoms with Gasteiger partial charge in [-0.3, -0.25) is 14.9 Å². The first kappa shape index (κ1) is 23.9. The molecule has 6 rings (SSSR count). The van der Waals surface area contributed by atoms with Gasteiger partial charge in [0, 0.05) is 39.2 Å². The van der Waals surface area contributed by atoms with Crippen LogP contribution in [-0.2, 0) is 4.79 Å². The van der Waals surface area contributed by atoms with Crippen LogP contribution in [0.3, 0.4) is 0 Å². The molecule has 5 heterocycles. The lowest BCUT2D eigenvalue weighted by Crippen LogP contribution is -2.27. The van der Waals surface area contributed by atoms with E-state index in [0.29, 0.717) is 44.9 Å². The van der Waals surface area contributed by atoms with Crippen molar-refractivity contribution in [3.63, 3.8) is 0 Å². The number of imidazole rings is 1. The molecule has 11 heteroatoms. The molecule has 0 aliphatic rings. The Morgan fingerprint density at radius 1 is 1.05 bits per heavy atom. The molecule has 0 unspecified atom stereocenters. The summed E-state index contributed by atoms with van der Waals surface area (Å²) in [5.74, 6) is -0.258. The highest BCUT2D eigenvalue weighted by Gasteiger charge is 2.22. The summed E-state index contributed by atoms with van der Waals surface area (Å²) < 4.78 is 28.8. The largest absolute Gasteiger partial charge is 0.335 e. The zero-order valence-corrected chi connectivity index (χ0v) is 21.4. The SMILES string of the molecule is CC(C)(C)C(=O)Nc1cncc(-c2cc(F)c3n[nH]c(-c4nc5nccc(-c6ccc(F)s6)c5[nH]4)c3c2)c1. The van der Waals surface area contributed by atoms with Gasteiger partial charge in [0.15, 0.2) is 22.4 Å². The van der Waals surface area contributed by atoms with Crippen LogP contribution < -0.4 is 5.32 Å². The predicted octanol–water partition coefficient (Wildman–Crippen LogP) is 6.55. The zero-order chi connectivity index (χ0) is 26.6. The van der Waals surface area contributed by atoms with Crippen molar-refractivity contribution >= 4 is 45.0 Å².